The van der Waals surface area contributed by atoms with Crippen molar-refractivity contribution in [1.82, 2.24) is 10.1 Å². The molecule has 3 aromatic rings. The zero-order valence-electron chi connectivity index (χ0n) is 15.5. The highest BCUT2D eigenvalue weighted by Crippen LogP contribution is 2.35. The third kappa shape index (κ3) is 3.60. The number of rotatable bonds is 7. The Morgan fingerprint density at radius 1 is 1.00 bits per heavy atom. The van der Waals surface area contributed by atoms with Gasteiger partial charge in [0.1, 0.15) is 5.75 Å². The first-order valence-corrected chi connectivity index (χ1v) is 9.07. The van der Waals surface area contributed by atoms with Crippen molar-refractivity contribution in [3.63, 3.8) is 0 Å². The van der Waals surface area contributed by atoms with Crippen molar-refractivity contribution in [2.45, 2.75) is 19.3 Å². The van der Waals surface area contributed by atoms with Crippen molar-refractivity contribution in [2.24, 2.45) is 5.92 Å². The predicted octanol–water partition coefficient (Wildman–Crippen LogP) is 4.60. The Balaban J connectivity index is 1.57. The third-order valence-electron chi connectivity index (χ3n) is 4.88. The molecule has 0 unspecified atom stereocenters. The highest BCUT2D eigenvalue weighted by Gasteiger charge is 2.20. The van der Waals surface area contributed by atoms with E-state index >= 15 is 0 Å². The van der Waals surface area contributed by atoms with E-state index in [9.17, 15) is 0 Å². The molecule has 1 aliphatic rings. The van der Waals surface area contributed by atoms with Gasteiger partial charge < -0.3 is 18.7 Å². The van der Waals surface area contributed by atoms with Gasteiger partial charge in [-0.15, -0.1) is 0 Å². The molecule has 6 heteroatoms. The molecule has 0 radical (unpaired) electrons. The quantitative estimate of drug-likeness (QED) is 0.609. The van der Waals surface area contributed by atoms with Crippen molar-refractivity contribution in [2.75, 3.05) is 20.8 Å². The summed E-state index contributed by atoms with van der Waals surface area (Å²) < 4.78 is 22.2. The van der Waals surface area contributed by atoms with Gasteiger partial charge in [-0.2, -0.15) is 4.98 Å². The van der Waals surface area contributed by atoms with E-state index < -0.39 is 0 Å². The minimum atomic E-state index is 0.409. The summed E-state index contributed by atoms with van der Waals surface area (Å²) in [7, 11) is 3.25. The second kappa shape index (κ2) is 7.70. The fourth-order valence-electron chi connectivity index (χ4n) is 3.06. The number of methoxy groups -OCH3 is 2. The Morgan fingerprint density at radius 3 is 2.56 bits per heavy atom. The average molecular weight is 366 g/mol. The van der Waals surface area contributed by atoms with Crippen LogP contribution in [0, 0.1) is 5.92 Å². The molecule has 1 aromatic heterocycles. The van der Waals surface area contributed by atoms with E-state index in [0.717, 1.165) is 23.5 Å². The first-order chi connectivity index (χ1) is 13.3. The molecule has 4 rings (SSSR count). The molecule has 0 amide bonds. The Morgan fingerprint density at radius 2 is 1.81 bits per heavy atom. The van der Waals surface area contributed by atoms with E-state index in [1.807, 2.05) is 42.5 Å². The molecule has 1 aliphatic carbocycles. The van der Waals surface area contributed by atoms with Gasteiger partial charge in [-0.05, 0) is 49.1 Å². The van der Waals surface area contributed by atoms with Gasteiger partial charge in [0.2, 0.25) is 5.82 Å². The van der Waals surface area contributed by atoms with Crippen LogP contribution >= 0.6 is 0 Å². The van der Waals surface area contributed by atoms with Gasteiger partial charge in [-0.3, -0.25) is 0 Å². The van der Waals surface area contributed by atoms with Crippen LogP contribution in [-0.2, 0) is 0 Å². The number of nitrogens with zero attached hydrogens (tertiary/aromatic N) is 2. The molecule has 27 heavy (non-hydrogen) atoms. The molecular formula is C21H22N2O4. The number of para-hydroxylation sites is 1. The van der Waals surface area contributed by atoms with Crippen LogP contribution < -0.4 is 14.2 Å². The van der Waals surface area contributed by atoms with Gasteiger partial charge in [0.15, 0.2) is 11.5 Å². The van der Waals surface area contributed by atoms with Gasteiger partial charge in [0, 0.05) is 5.56 Å². The Kier molecular flexibility index (Phi) is 4.96. The van der Waals surface area contributed by atoms with Crippen LogP contribution in [0.3, 0.4) is 0 Å². The van der Waals surface area contributed by atoms with Crippen LogP contribution in [0.4, 0.5) is 0 Å². The lowest BCUT2D eigenvalue weighted by molar-refractivity contribution is 0.176. The van der Waals surface area contributed by atoms with Crippen molar-refractivity contribution in [3.8, 4) is 40.1 Å². The predicted molar refractivity (Wildman–Crippen MR) is 101 cm³/mol. The summed E-state index contributed by atoms with van der Waals surface area (Å²) in [4.78, 5) is 4.51. The number of aromatic nitrogens is 2. The Hall–Kier alpha value is -3.02. The molecule has 1 heterocycles. The highest BCUT2D eigenvalue weighted by atomic mass is 16.5. The zero-order valence-corrected chi connectivity index (χ0v) is 15.5. The molecule has 6 nitrogen and oxygen atoms in total. The maximum absolute atomic E-state index is 5.92. The second-order valence-corrected chi connectivity index (χ2v) is 6.60. The van der Waals surface area contributed by atoms with Crippen LogP contribution in [0.2, 0.25) is 0 Å². The summed E-state index contributed by atoms with van der Waals surface area (Å²) >= 11 is 0. The molecular weight excluding hydrogens is 344 g/mol. The topological polar surface area (TPSA) is 66.6 Å². The number of hydrogen-bond donors (Lipinski definition) is 0. The van der Waals surface area contributed by atoms with E-state index in [0.29, 0.717) is 29.1 Å². The molecule has 0 saturated heterocycles. The minimum absolute atomic E-state index is 0.409. The van der Waals surface area contributed by atoms with Gasteiger partial charge >= 0.3 is 0 Å². The van der Waals surface area contributed by atoms with Crippen LogP contribution in [0.15, 0.2) is 47.0 Å². The van der Waals surface area contributed by atoms with Crippen LogP contribution in [0.1, 0.15) is 19.3 Å². The minimum Gasteiger partial charge on any atom is -0.496 e. The van der Waals surface area contributed by atoms with Crippen LogP contribution in [0.5, 0.6) is 17.2 Å². The second-order valence-electron chi connectivity index (χ2n) is 6.60. The van der Waals surface area contributed by atoms with Gasteiger partial charge in [0.25, 0.3) is 5.89 Å². The van der Waals surface area contributed by atoms with E-state index in [2.05, 4.69) is 10.1 Å². The summed E-state index contributed by atoms with van der Waals surface area (Å²) in [6.07, 6.45) is 3.79. The summed E-state index contributed by atoms with van der Waals surface area (Å²) in [6, 6.07) is 13.2. The number of benzene rings is 2. The van der Waals surface area contributed by atoms with Crippen molar-refractivity contribution >= 4 is 0 Å². The summed E-state index contributed by atoms with van der Waals surface area (Å²) in [5, 5.41) is 4.10. The van der Waals surface area contributed by atoms with Crippen molar-refractivity contribution < 1.29 is 18.7 Å². The summed E-state index contributed by atoms with van der Waals surface area (Å²) in [5.74, 6) is 3.64. The van der Waals surface area contributed by atoms with Crippen molar-refractivity contribution in [3.05, 3.63) is 42.5 Å². The monoisotopic (exact) mass is 366 g/mol. The summed E-state index contributed by atoms with van der Waals surface area (Å²) in [5.41, 5.74) is 1.55. The largest absolute Gasteiger partial charge is 0.496 e. The fourth-order valence-corrected chi connectivity index (χ4v) is 3.06. The molecule has 1 saturated carbocycles. The molecule has 0 bridgehead atoms. The van der Waals surface area contributed by atoms with Gasteiger partial charge in [-0.25, -0.2) is 0 Å². The maximum atomic E-state index is 5.92. The fraction of sp³-hybridized carbons (Fsp3) is 0.333. The molecule has 140 valence electrons. The lowest BCUT2D eigenvalue weighted by Crippen LogP contribution is -2.19. The Bertz CT molecular complexity index is 918. The SMILES string of the molecule is COc1cc(-c2noc(-c3ccccc3OC)n2)ccc1OCC1CCC1. The van der Waals surface area contributed by atoms with Crippen LogP contribution in [-0.4, -0.2) is 31.0 Å². The Labute approximate surface area is 158 Å². The number of hydrogen-bond acceptors (Lipinski definition) is 6. The zero-order chi connectivity index (χ0) is 18.6. The standard InChI is InChI=1S/C21H22N2O4/c1-24-17-9-4-3-8-16(17)21-22-20(23-27-21)15-10-11-18(19(12-15)25-2)26-13-14-6-5-7-14/h3-4,8-12,14H,5-7,13H2,1-2H3. The normalized spacial score (nSPS) is 13.9. The molecule has 0 spiro atoms. The lowest BCUT2D eigenvalue weighted by atomic mass is 9.86. The van der Waals surface area contributed by atoms with Crippen LogP contribution in [0.25, 0.3) is 22.8 Å². The maximum Gasteiger partial charge on any atom is 0.262 e. The summed E-state index contributed by atoms with van der Waals surface area (Å²) in [6.45, 7) is 0.732. The van der Waals surface area contributed by atoms with E-state index in [4.69, 9.17) is 18.7 Å². The third-order valence-corrected chi connectivity index (χ3v) is 4.88. The number of ether oxygens (including phenoxy) is 3. The van der Waals surface area contributed by atoms with E-state index in [1.165, 1.54) is 19.3 Å². The average Bonchev–Trinajstić information content (AvgIpc) is 3.17. The van der Waals surface area contributed by atoms with Crippen molar-refractivity contribution in [1.29, 1.82) is 0 Å². The molecule has 2 aromatic carbocycles. The van der Waals surface area contributed by atoms with E-state index in [1.54, 1.807) is 14.2 Å². The van der Waals surface area contributed by atoms with Gasteiger partial charge in [-0.1, -0.05) is 23.7 Å². The lowest BCUT2D eigenvalue weighted by Gasteiger charge is -2.25. The molecule has 0 atom stereocenters. The van der Waals surface area contributed by atoms with E-state index in [-0.39, 0.29) is 0 Å². The van der Waals surface area contributed by atoms with Gasteiger partial charge in [0.05, 0.1) is 26.4 Å². The molecule has 0 aliphatic heterocycles. The first-order valence-electron chi connectivity index (χ1n) is 9.07. The highest BCUT2D eigenvalue weighted by molar-refractivity contribution is 5.66. The smallest absolute Gasteiger partial charge is 0.262 e. The molecule has 0 N–H and O–H groups in total. The first kappa shape index (κ1) is 17.4. The molecule has 1 fully saturated rings.